The molecule has 0 radical (unpaired) electrons. The molecule has 1 aromatic rings. The zero-order chi connectivity index (χ0) is 14.6. The van der Waals surface area contributed by atoms with E-state index in [1.165, 1.54) is 6.07 Å². The summed E-state index contributed by atoms with van der Waals surface area (Å²) in [5.74, 6) is 0. The molecule has 2 rings (SSSR count). The smallest absolute Gasteiger partial charge is 0.261 e. The molecule has 1 aliphatic rings. The molecule has 0 bridgehead atoms. The van der Waals surface area contributed by atoms with Crippen molar-refractivity contribution in [1.29, 1.82) is 0 Å². The van der Waals surface area contributed by atoms with E-state index in [0.29, 0.717) is 6.54 Å². The molecule has 1 aliphatic heterocycles. The van der Waals surface area contributed by atoms with E-state index >= 15 is 0 Å². The van der Waals surface area contributed by atoms with Crippen LogP contribution in [0.4, 0.5) is 8.78 Å². The van der Waals surface area contributed by atoms with Gasteiger partial charge >= 0.3 is 0 Å². The second-order valence-corrected chi connectivity index (χ2v) is 6.16. The molecule has 20 heavy (non-hydrogen) atoms. The maximum Gasteiger partial charge on any atom is 0.261 e. The molecule has 0 atom stereocenters. The highest BCUT2D eigenvalue weighted by Gasteiger charge is 2.17. The molecule has 0 fully saturated rings. The fourth-order valence-corrected chi connectivity index (χ4v) is 3.01. The Labute approximate surface area is 116 Å². The van der Waals surface area contributed by atoms with Gasteiger partial charge in [-0.3, -0.25) is 0 Å². The summed E-state index contributed by atoms with van der Waals surface area (Å²) in [6, 6.07) is 4.93. The van der Waals surface area contributed by atoms with Crippen molar-refractivity contribution in [3.8, 4) is 0 Å². The molecule has 0 spiro atoms. The van der Waals surface area contributed by atoms with Crippen LogP contribution >= 0.6 is 0 Å². The third-order valence-electron chi connectivity index (χ3n) is 2.90. The maximum atomic E-state index is 12.0. The largest absolute Gasteiger partial charge is 0.374 e. The van der Waals surface area contributed by atoms with E-state index in [-0.39, 0.29) is 18.0 Å². The average Bonchev–Trinajstić information content (AvgIpc) is 2.85. The van der Waals surface area contributed by atoms with Gasteiger partial charge in [-0.2, -0.15) is 0 Å². The van der Waals surface area contributed by atoms with Gasteiger partial charge in [0.15, 0.2) is 0 Å². The van der Waals surface area contributed by atoms with Gasteiger partial charge in [-0.15, -0.1) is 0 Å². The first-order valence-corrected chi connectivity index (χ1v) is 7.65. The van der Waals surface area contributed by atoms with Crippen LogP contribution < -0.4 is 10.0 Å². The number of ether oxygens (including phenoxy) is 1. The van der Waals surface area contributed by atoms with Crippen molar-refractivity contribution in [2.45, 2.75) is 24.4 Å². The zero-order valence-corrected chi connectivity index (χ0v) is 11.6. The van der Waals surface area contributed by atoms with E-state index < -0.39 is 23.1 Å². The van der Waals surface area contributed by atoms with Crippen LogP contribution in [0.15, 0.2) is 23.1 Å². The number of alkyl halides is 2. The Hall–Kier alpha value is -1.09. The van der Waals surface area contributed by atoms with E-state index in [4.69, 9.17) is 0 Å². The second-order valence-electron chi connectivity index (χ2n) is 4.40. The molecule has 1 heterocycles. The SMILES string of the molecule is O=S(=O)(NCCOCC(F)F)c1ccc2c(c1)CNC2. The topological polar surface area (TPSA) is 67.4 Å². The Morgan fingerprint density at radius 3 is 2.80 bits per heavy atom. The summed E-state index contributed by atoms with van der Waals surface area (Å²) in [4.78, 5) is 0.175. The standard InChI is InChI=1S/C12H16F2N2O3S/c13-12(14)8-19-4-3-16-20(17,18)11-2-1-9-6-15-7-10(9)5-11/h1-2,5,12,15-16H,3-4,6-8H2. The summed E-state index contributed by atoms with van der Waals surface area (Å²) >= 11 is 0. The van der Waals surface area contributed by atoms with Crippen molar-refractivity contribution in [2.75, 3.05) is 19.8 Å². The third kappa shape index (κ3) is 3.95. The van der Waals surface area contributed by atoms with Gasteiger partial charge in [-0.1, -0.05) is 6.07 Å². The fraction of sp³-hybridized carbons (Fsp3) is 0.500. The third-order valence-corrected chi connectivity index (χ3v) is 4.36. The number of halogens is 2. The molecule has 0 saturated heterocycles. The van der Waals surface area contributed by atoms with E-state index in [1.54, 1.807) is 12.1 Å². The van der Waals surface area contributed by atoms with Crippen LogP contribution in [0.25, 0.3) is 0 Å². The minimum absolute atomic E-state index is 0.0373. The van der Waals surface area contributed by atoms with Gasteiger partial charge in [-0.25, -0.2) is 21.9 Å². The molecular formula is C12H16F2N2O3S. The lowest BCUT2D eigenvalue weighted by Gasteiger charge is -2.08. The lowest BCUT2D eigenvalue weighted by atomic mass is 10.1. The summed E-state index contributed by atoms with van der Waals surface area (Å²) in [7, 11) is -3.63. The molecule has 0 unspecified atom stereocenters. The molecule has 1 aromatic carbocycles. The first kappa shape index (κ1) is 15.3. The maximum absolute atomic E-state index is 12.0. The van der Waals surface area contributed by atoms with Gasteiger partial charge in [0.05, 0.1) is 11.5 Å². The number of fused-ring (bicyclic) bond motifs is 1. The van der Waals surface area contributed by atoms with Crippen molar-refractivity contribution < 1.29 is 21.9 Å². The predicted molar refractivity (Wildman–Crippen MR) is 69.0 cm³/mol. The van der Waals surface area contributed by atoms with E-state index in [1.807, 2.05) is 0 Å². The minimum Gasteiger partial charge on any atom is -0.374 e. The van der Waals surface area contributed by atoms with Crippen LogP contribution in [0.3, 0.4) is 0 Å². The molecular weight excluding hydrogens is 290 g/mol. The van der Waals surface area contributed by atoms with Crippen LogP contribution in [0, 0.1) is 0 Å². The van der Waals surface area contributed by atoms with Crippen LogP contribution in [-0.2, 0) is 27.8 Å². The Balaban J connectivity index is 1.90. The normalized spacial score (nSPS) is 14.8. The quantitative estimate of drug-likeness (QED) is 0.733. The van der Waals surface area contributed by atoms with Crippen molar-refractivity contribution in [2.24, 2.45) is 0 Å². The van der Waals surface area contributed by atoms with Crippen molar-refractivity contribution >= 4 is 10.0 Å². The Morgan fingerprint density at radius 2 is 2.05 bits per heavy atom. The van der Waals surface area contributed by atoms with Gasteiger partial charge in [0.25, 0.3) is 6.43 Å². The molecule has 0 aliphatic carbocycles. The van der Waals surface area contributed by atoms with Gasteiger partial charge < -0.3 is 10.1 Å². The summed E-state index contributed by atoms with van der Waals surface area (Å²) in [5, 5.41) is 3.13. The van der Waals surface area contributed by atoms with Gasteiger partial charge in [0.2, 0.25) is 10.0 Å². The van der Waals surface area contributed by atoms with Crippen molar-refractivity contribution in [1.82, 2.24) is 10.0 Å². The highest BCUT2D eigenvalue weighted by molar-refractivity contribution is 7.89. The second kappa shape index (κ2) is 6.57. The van der Waals surface area contributed by atoms with Gasteiger partial charge in [-0.05, 0) is 23.3 Å². The molecule has 2 N–H and O–H groups in total. The Kier molecular flexibility index (Phi) is 5.03. The van der Waals surface area contributed by atoms with E-state index in [9.17, 15) is 17.2 Å². The number of nitrogens with one attached hydrogen (secondary N) is 2. The molecule has 112 valence electrons. The fourth-order valence-electron chi connectivity index (χ4n) is 1.94. The van der Waals surface area contributed by atoms with Crippen molar-refractivity contribution in [3.63, 3.8) is 0 Å². The number of sulfonamides is 1. The molecule has 0 saturated carbocycles. The predicted octanol–water partition coefficient (Wildman–Crippen LogP) is 0.850. The van der Waals surface area contributed by atoms with Gasteiger partial charge in [0.1, 0.15) is 6.61 Å². The zero-order valence-electron chi connectivity index (χ0n) is 10.7. The monoisotopic (exact) mass is 306 g/mol. The summed E-state index contributed by atoms with van der Waals surface area (Å²) in [6.07, 6.45) is -2.55. The van der Waals surface area contributed by atoms with Gasteiger partial charge in [0, 0.05) is 19.6 Å². The highest BCUT2D eigenvalue weighted by atomic mass is 32.2. The lowest BCUT2D eigenvalue weighted by Crippen LogP contribution is -2.28. The van der Waals surface area contributed by atoms with E-state index in [2.05, 4.69) is 14.8 Å². The Morgan fingerprint density at radius 1 is 1.30 bits per heavy atom. The Bertz CT molecular complexity index is 564. The number of hydrogen-bond acceptors (Lipinski definition) is 4. The summed E-state index contributed by atoms with van der Waals surface area (Å²) < 4.78 is 54.6. The lowest BCUT2D eigenvalue weighted by molar-refractivity contribution is 0.0199. The van der Waals surface area contributed by atoms with Crippen molar-refractivity contribution in [3.05, 3.63) is 29.3 Å². The molecule has 0 amide bonds. The molecule has 8 heteroatoms. The molecule has 0 aromatic heterocycles. The number of rotatable bonds is 7. The minimum atomic E-state index is -3.63. The first-order valence-electron chi connectivity index (χ1n) is 6.17. The number of hydrogen-bond donors (Lipinski definition) is 2. The van der Waals surface area contributed by atoms with Crippen LogP contribution in [0.5, 0.6) is 0 Å². The summed E-state index contributed by atoms with van der Waals surface area (Å²) in [5.41, 5.74) is 2.05. The summed E-state index contributed by atoms with van der Waals surface area (Å²) in [6.45, 7) is 0.577. The van der Waals surface area contributed by atoms with E-state index in [0.717, 1.165) is 17.7 Å². The first-order chi connectivity index (χ1) is 9.49. The van der Waals surface area contributed by atoms with Crippen LogP contribution in [0.1, 0.15) is 11.1 Å². The molecule has 5 nitrogen and oxygen atoms in total. The number of benzene rings is 1. The van der Waals surface area contributed by atoms with Crippen LogP contribution in [-0.4, -0.2) is 34.6 Å². The average molecular weight is 306 g/mol. The van der Waals surface area contributed by atoms with Crippen LogP contribution in [0.2, 0.25) is 0 Å². The highest BCUT2D eigenvalue weighted by Crippen LogP contribution is 2.19.